The Kier molecular flexibility index (Phi) is 5.30. The lowest BCUT2D eigenvalue weighted by atomic mass is 10.3. The first-order valence-corrected chi connectivity index (χ1v) is 7.50. The normalized spacial score (nSPS) is 11.2. The van der Waals surface area contributed by atoms with Crippen LogP contribution in [0.3, 0.4) is 0 Å². The SMILES string of the molecule is CCOCCC(=O)Nc1ccc(S(C)(=O)=O)cc1. The van der Waals surface area contributed by atoms with Crippen molar-refractivity contribution in [2.75, 3.05) is 24.8 Å². The molecular formula is C12H17NO4S. The molecule has 0 bridgehead atoms. The molecule has 0 radical (unpaired) electrons. The molecule has 18 heavy (non-hydrogen) atoms. The number of nitrogens with one attached hydrogen (secondary N) is 1. The van der Waals surface area contributed by atoms with Crippen molar-refractivity contribution >= 4 is 21.4 Å². The van der Waals surface area contributed by atoms with E-state index < -0.39 is 9.84 Å². The molecule has 0 aromatic heterocycles. The van der Waals surface area contributed by atoms with Gasteiger partial charge in [-0.05, 0) is 31.2 Å². The smallest absolute Gasteiger partial charge is 0.226 e. The second-order valence-corrected chi connectivity index (χ2v) is 5.81. The van der Waals surface area contributed by atoms with Crippen LogP contribution in [-0.2, 0) is 19.4 Å². The maximum Gasteiger partial charge on any atom is 0.226 e. The minimum Gasteiger partial charge on any atom is -0.381 e. The largest absolute Gasteiger partial charge is 0.381 e. The molecule has 0 unspecified atom stereocenters. The van der Waals surface area contributed by atoms with Gasteiger partial charge in [0.1, 0.15) is 0 Å². The first-order chi connectivity index (χ1) is 8.43. The van der Waals surface area contributed by atoms with Crippen LogP contribution in [0.2, 0.25) is 0 Å². The van der Waals surface area contributed by atoms with Crippen molar-refractivity contribution in [3.63, 3.8) is 0 Å². The molecular weight excluding hydrogens is 254 g/mol. The maximum absolute atomic E-state index is 11.5. The van der Waals surface area contributed by atoms with Gasteiger partial charge in [-0.15, -0.1) is 0 Å². The summed E-state index contributed by atoms with van der Waals surface area (Å²) in [7, 11) is -3.20. The lowest BCUT2D eigenvalue weighted by molar-refractivity contribution is -0.117. The van der Waals surface area contributed by atoms with Crippen molar-refractivity contribution in [2.24, 2.45) is 0 Å². The van der Waals surface area contributed by atoms with Crippen LogP contribution >= 0.6 is 0 Å². The number of ether oxygens (including phenoxy) is 1. The number of carbonyl (C=O) groups is 1. The summed E-state index contributed by atoms with van der Waals surface area (Å²) in [4.78, 5) is 11.7. The van der Waals surface area contributed by atoms with Gasteiger partial charge in [0, 0.05) is 18.6 Å². The van der Waals surface area contributed by atoms with Crippen molar-refractivity contribution in [3.05, 3.63) is 24.3 Å². The summed E-state index contributed by atoms with van der Waals surface area (Å²) < 4.78 is 27.5. The second-order valence-electron chi connectivity index (χ2n) is 3.79. The van der Waals surface area contributed by atoms with Gasteiger partial charge in [0.25, 0.3) is 0 Å². The van der Waals surface area contributed by atoms with E-state index in [1.165, 1.54) is 12.1 Å². The van der Waals surface area contributed by atoms with Crippen molar-refractivity contribution in [3.8, 4) is 0 Å². The van der Waals surface area contributed by atoms with Gasteiger partial charge in [-0.1, -0.05) is 0 Å². The van der Waals surface area contributed by atoms with Gasteiger partial charge in [-0.25, -0.2) is 8.42 Å². The van der Waals surface area contributed by atoms with Gasteiger partial charge in [-0.3, -0.25) is 4.79 Å². The molecule has 1 amide bonds. The number of carbonyl (C=O) groups excluding carboxylic acids is 1. The fourth-order valence-corrected chi connectivity index (χ4v) is 1.95. The number of rotatable bonds is 6. The molecule has 0 saturated carbocycles. The van der Waals surface area contributed by atoms with Crippen LogP contribution in [0.15, 0.2) is 29.2 Å². The highest BCUT2D eigenvalue weighted by atomic mass is 32.2. The molecule has 1 aromatic rings. The summed E-state index contributed by atoms with van der Waals surface area (Å²) in [6, 6.07) is 6.06. The Labute approximate surface area is 107 Å². The van der Waals surface area contributed by atoms with Gasteiger partial charge >= 0.3 is 0 Å². The number of amides is 1. The Morgan fingerprint density at radius 1 is 1.28 bits per heavy atom. The van der Waals surface area contributed by atoms with Gasteiger partial charge in [-0.2, -0.15) is 0 Å². The van der Waals surface area contributed by atoms with Crippen molar-refractivity contribution < 1.29 is 17.9 Å². The summed E-state index contributed by atoms with van der Waals surface area (Å²) in [5.74, 6) is -0.157. The predicted octanol–water partition coefficient (Wildman–Crippen LogP) is 1.46. The summed E-state index contributed by atoms with van der Waals surface area (Å²) in [5, 5.41) is 2.67. The molecule has 0 fully saturated rings. The van der Waals surface area contributed by atoms with Crippen LogP contribution in [0.25, 0.3) is 0 Å². The monoisotopic (exact) mass is 271 g/mol. The zero-order valence-corrected chi connectivity index (χ0v) is 11.3. The van der Waals surface area contributed by atoms with Gasteiger partial charge in [0.05, 0.1) is 17.9 Å². The van der Waals surface area contributed by atoms with E-state index in [4.69, 9.17) is 4.74 Å². The maximum atomic E-state index is 11.5. The zero-order chi connectivity index (χ0) is 13.6. The second kappa shape index (κ2) is 6.51. The Bertz CT molecular complexity index is 493. The van der Waals surface area contributed by atoms with E-state index >= 15 is 0 Å². The van der Waals surface area contributed by atoms with E-state index in [2.05, 4.69) is 5.32 Å². The molecule has 0 heterocycles. The molecule has 1 rings (SSSR count). The summed E-state index contributed by atoms with van der Waals surface area (Å²) in [6.45, 7) is 2.82. The standard InChI is InChI=1S/C12H17NO4S/c1-3-17-9-8-12(14)13-10-4-6-11(7-5-10)18(2,15)16/h4-7H,3,8-9H2,1-2H3,(H,13,14). The highest BCUT2D eigenvalue weighted by molar-refractivity contribution is 7.90. The first kappa shape index (κ1) is 14.7. The van der Waals surface area contributed by atoms with Crippen LogP contribution in [0.4, 0.5) is 5.69 Å². The lowest BCUT2D eigenvalue weighted by Gasteiger charge is -2.06. The third-order valence-electron chi connectivity index (χ3n) is 2.24. The predicted molar refractivity (Wildman–Crippen MR) is 69.3 cm³/mol. The van der Waals surface area contributed by atoms with Crippen LogP contribution in [0.1, 0.15) is 13.3 Å². The summed E-state index contributed by atoms with van der Waals surface area (Å²) in [5.41, 5.74) is 0.573. The van der Waals surface area contributed by atoms with Crippen LogP contribution < -0.4 is 5.32 Å². The van der Waals surface area contributed by atoms with E-state index in [9.17, 15) is 13.2 Å². The van der Waals surface area contributed by atoms with E-state index in [-0.39, 0.29) is 17.2 Å². The number of benzene rings is 1. The Morgan fingerprint density at radius 2 is 1.89 bits per heavy atom. The molecule has 0 saturated heterocycles. The third kappa shape index (κ3) is 4.85. The average molecular weight is 271 g/mol. The molecule has 0 aliphatic carbocycles. The number of hydrogen-bond donors (Lipinski definition) is 1. The Morgan fingerprint density at radius 3 is 2.39 bits per heavy atom. The lowest BCUT2D eigenvalue weighted by Crippen LogP contribution is -2.14. The number of anilines is 1. The Hall–Kier alpha value is -1.40. The molecule has 1 aromatic carbocycles. The minimum absolute atomic E-state index is 0.157. The topological polar surface area (TPSA) is 72.5 Å². The molecule has 1 N–H and O–H groups in total. The minimum atomic E-state index is -3.20. The van der Waals surface area contributed by atoms with Gasteiger partial charge < -0.3 is 10.1 Å². The van der Waals surface area contributed by atoms with Crippen molar-refractivity contribution in [2.45, 2.75) is 18.2 Å². The fraction of sp³-hybridized carbons (Fsp3) is 0.417. The van der Waals surface area contributed by atoms with Gasteiger partial charge in [0.15, 0.2) is 9.84 Å². The van der Waals surface area contributed by atoms with Crippen LogP contribution in [-0.4, -0.2) is 33.8 Å². The third-order valence-corrected chi connectivity index (χ3v) is 3.37. The van der Waals surface area contributed by atoms with Gasteiger partial charge in [0.2, 0.25) is 5.91 Å². The van der Waals surface area contributed by atoms with E-state index in [1.807, 2.05) is 6.92 Å². The summed E-state index contributed by atoms with van der Waals surface area (Å²) in [6.07, 6.45) is 1.42. The quantitative estimate of drug-likeness (QED) is 0.795. The molecule has 0 aliphatic rings. The van der Waals surface area contributed by atoms with Crippen LogP contribution in [0.5, 0.6) is 0 Å². The molecule has 100 valence electrons. The highest BCUT2D eigenvalue weighted by Crippen LogP contribution is 2.13. The first-order valence-electron chi connectivity index (χ1n) is 5.61. The average Bonchev–Trinajstić information content (AvgIpc) is 2.29. The Balaban J connectivity index is 2.56. The van der Waals surface area contributed by atoms with E-state index in [0.29, 0.717) is 18.9 Å². The van der Waals surface area contributed by atoms with E-state index in [1.54, 1.807) is 12.1 Å². The van der Waals surface area contributed by atoms with Crippen LogP contribution in [0, 0.1) is 0 Å². The van der Waals surface area contributed by atoms with E-state index in [0.717, 1.165) is 6.26 Å². The zero-order valence-electron chi connectivity index (χ0n) is 10.5. The fourth-order valence-electron chi connectivity index (χ4n) is 1.32. The molecule has 0 aliphatic heterocycles. The molecule has 5 nitrogen and oxygen atoms in total. The summed E-state index contributed by atoms with van der Waals surface area (Å²) >= 11 is 0. The van der Waals surface area contributed by atoms with Crippen molar-refractivity contribution in [1.82, 2.24) is 0 Å². The van der Waals surface area contributed by atoms with Crippen molar-refractivity contribution in [1.29, 1.82) is 0 Å². The number of sulfone groups is 1. The molecule has 6 heteroatoms. The molecule has 0 atom stereocenters. The highest BCUT2D eigenvalue weighted by Gasteiger charge is 2.07. The number of hydrogen-bond acceptors (Lipinski definition) is 4. The molecule has 0 spiro atoms.